The van der Waals surface area contributed by atoms with Gasteiger partial charge in [-0.15, -0.1) is 0 Å². The number of hydrogen-bond donors (Lipinski definition) is 1. The molecular weight excluding hydrogens is 246 g/mol. The van der Waals surface area contributed by atoms with E-state index in [4.69, 9.17) is 4.74 Å². The van der Waals surface area contributed by atoms with E-state index in [9.17, 15) is 0 Å². The lowest BCUT2D eigenvalue weighted by atomic mass is 10.1. The second-order valence-electron chi connectivity index (χ2n) is 5.94. The Kier molecular flexibility index (Phi) is 8.36. The lowest BCUT2D eigenvalue weighted by molar-refractivity contribution is 0.260. The molecule has 1 rings (SSSR count). The van der Waals surface area contributed by atoms with Crippen molar-refractivity contribution < 1.29 is 4.74 Å². The van der Waals surface area contributed by atoms with E-state index in [1.165, 1.54) is 37.7 Å². The third kappa shape index (κ3) is 7.54. The molecule has 1 N–H and O–H groups in total. The number of nitrogens with one attached hydrogen (secondary N) is 1. The van der Waals surface area contributed by atoms with Crippen molar-refractivity contribution in [3.05, 3.63) is 29.8 Å². The minimum absolute atomic E-state index is 0.387. The van der Waals surface area contributed by atoms with Crippen LogP contribution < -0.4 is 10.1 Å². The molecular formula is C18H31NO. The number of benzene rings is 1. The van der Waals surface area contributed by atoms with Crippen LogP contribution in [0, 0.1) is 6.92 Å². The van der Waals surface area contributed by atoms with E-state index in [0.717, 1.165) is 12.4 Å². The van der Waals surface area contributed by atoms with Gasteiger partial charge in [0.25, 0.3) is 0 Å². The SMILES string of the molecule is CCCCCCC(C)NC(C)COc1ccc(C)cc1. The van der Waals surface area contributed by atoms with Crippen LogP contribution in [-0.2, 0) is 0 Å². The third-order valence-corrected chi connectivity index (χ3v) is 3.58. The Morgan fingerprint density at radius 1 is 1.00 bits per heavy atom. The Morgan fingerprint density at radius 3 is 2.35 bits per heavy atom. The monoisotopic (exact) mass is 277 g/mol. The van der Waals surface area contributed by atoms with Gasteiger partial charge in [-0.3, -0.25) is 0 Å². The van der Waals surface area contributed by atoms with Gasteiger partial charge >= 0.3 is 0 Å². The van der Waals surface area contributed by atoms with Crippen LogP contribution in [0.4, 0.5) is 0 Å². The smallest absolute Gasteiger partial charge is 0.119 e. The van der Waals surface area contributed by atoms with Gasteiger partial charge in [-0.1, -0.05) is 50.3 Å². The summed E-state index contributed by atoms with van der Waals surface area (Å²) in [5.74, 6) is 0.958. The van der Waals surface area contributed by atoms with Gasteiger partial charge in [-0.25, -0.2) is 0 Å². The van der Waals surface area contributed by atoms with Gasteiger partial charge in [0.05, 0.1) is 0 Å². The van der Waals surface area contributed by atoms with E-state index in [-0.39, 0.29) is 0 Å². The van der Waals surface area contributed by atoms with Crippen molar-refractivity contribution in [1.29, 1.82) is 0 Å². The van der Waals surface area contributed by atoms with E-state index in [1.807, 2.05) is 12.1 Å². The zero-order valence-electron chi connectivity index (χ0n) is 13.6. The molecule has 2 unspecified atom stereocenters. The quantitative estimate of drug-likeness (QED) is 0.625. The topological polar surface area (TPSA) is 21.3 Å². The molecule has 1 aromatic rings. The minimum atomic E-state index is 0.387. The molecule has 0 fully saturated rings. The average Bonchev–Trinajstić information content (AvgIpc) is 2.43. The zero-order valence-corrected chi connectivity index (χ0v) is 13.6. The number of rotatable bonds is 10. The Balaban J connectivity index is 2.15. The van der Waals surface area contributed by atoms with Gasteiger partial charge in [-0.2, -0.15) is 0 Å². The Morgan fingerprint density at radius 2 is 1.70 bits per heavy atom. The first-order valence-corrected chi connectivity index (χ1v) is 8.07. The van der Waals surface area contributed by atoms with E-state index < -0.39 is 0 Å². The van der Waals surface area contributed by atoms with Crippen LogP contribution >= 0.6 is 0 Å². The van der Waals surface area contributed by atoms with Crippen molar-refractivity contribution in [3.63, 3.8) is 0 Å². The molecule has 0 aliphatic heterocycles. The van der Waals surface area contributed by atoms with Gasteiger partial charge in [0.1, 0.15) is 12.4 Å². The molecule has 20 heavy (non-hydrogen) atoms. The fourth-order valence-corrected chi connectivity index (χ4v) is 2.35. The largest absolute Gasteiger partial charge is 0.492 e. The highest BCUT2D eigenvalue weighted by Crippen LogP contribution is 2.12. The molecule has 0 aromatic heterocycles. The predicted molar refractivity (Wildman–Crippen MR) is 87.5 cm³/mol. The molecule has 0 aliphatic carbocycles. The maximum atomic E-state index is 5.80. The molecule has 1 aromatic carbocycles. The maximum Gasteiger partial charge on any atom is 0.119 e. The van der Waals surface area contributed by atoms with Crippen LogP contribution in [0.1, 0.15) is 58.4 Å². The normalized spacial score (nSPS) is 14.0. The summed E-state index contributed by atoms with van der Waals surface area (Å²) in [5.41, 5.74) is 1.27. The summed E-state index contributed by atoms with van der Waals surface area (Å²) in [5, 5.41) is 3.61. The summed E-state index contributed by atoms with van der Waals surface area (Å²) < 4.78 is 5.80. The van der Waals surface area contributed by atoms with Crippen molar-refractivity contribution in [1.82, 2.24) is 5.32 Å². The molecule has 0 saturated carbocycles. The van der Waals surface area contributed by atoms with E-state index in [0.29, 0.717) is 12.1 Å². The highest BCUT2D eigenvalue weighted by molar-refractivity contribution is 5.26. The fraction of sp³-hybridized carbons (Fsp3) is 0.667. The molecule has 2 heteroatoms. The standard InChI is InChI=1S/C18H31NO/c1-5-6-7-8-9-16(3)19-17(4)14-20-18-12-10-15(2)11-13-18/h10-13,16-17,19H,5-9,14H2,1-4H3. The molecule has 114 valence electrons. The fourth-order valence-electron chi connectivity index (χ4n) is 2.35. The van der Waals surface area contributed by atoms with Crippen molar-refractivity contribution >= 4 is 0 Å². The lowest BCUT2D eigenvalue weighted by Gasteiger charge is -2.20. The minimum Gasteiger partial charge on any atom is -0.492 e. The van der Waals surface area contributed by atoms with Crippen LogP contribution in [0.15, 0.2) is 24.3 Å². The van der Waals surface area contributed by atoms with Crippen LogP contribution in [-0.4, -0.2) is 18.7 Å². The van der Waals surface area contributed by atoms with Crippen LogP contribution in [0.3, 0.4) is 0 Å². The lowest BCUT2D eigenvalue weighted by Crippen LogP contribution is -2.38. The first-order valence-electron chi connectivity index (χ1n) is 8.07. The summed E-state index contributed by atoms with van der Waals surface area (Å²) in [6, 6.07) is 9.21. The van der Waals surface area contributed by atoms with Crippen LogP contribution in [0.2, 0.25) is 0 Å². The summed E-state index contributed by atoms with van der Waals surface area (Å²) >= 11 is 0. The zero-order chi connectivity index (χ0) is 14.8. The number of ether oxygens (including phenoxy) is 1. The third-order valence-electron chi connectivity index (χ3n) is 3.58. The predicted octanol–water partition coefficient (Wildman–Crippen LogP) is 4.71. The summed E-state index contributed by atoms with van der Waals surface area (Å²) in [4.78, 5) is 0. The maximum absolute atomic E-state index is 5.80. The summed E-state index contributed by atoms with van der Waals surface area (Å²) in [6.45, 7) is 9.54. The molecule has 0 spiro atoms. The molecule has 0 bridgehead atoms. The van der Waals surface area contributed by atoms with Gasteiger partial charge in [-0.05, 0) is 39.3 Å². The van der Waals surface area contributed by atoms with Crippen LogP contribution in [0.5, 0.6) is 5.75 Å². The molecule has 0 aliphatic rings. The Hall–Kier alpha value is -1.02. The van der Waals surface area contributed by atoms with Gasteiger partial charge in [0.2, 0.25) is 0 Å². The van der Waals surface area contributed by atoms with Crippen molar-refractivity contribution in [2.75, 3.05) is 6.61 Å². The Labute approximate surface area is 124 Å². The molecule has 0 saturated heterocycles. The van der Waals surface area contributed by atoms with Gasteiger partial charge < -0.3 is 10.1 Å². The van der Waals surface area contributed by atoms with Crippen LogP contribution in [0.25, 0.3) is 0 Å². The molecule has 0 amide bonds. The summed E-state index contributed by atoms with van der Waals surface area (Å²) in [6.07, 6.45) is 6.61. The van der Waals surface area contributed by atoms with Crippen molar-refractivity contribution in [2.24, 2.45) is 0 Å². The molecule has 0 radical (unpaired) electrons. The Bertz CT molecular complexity index is 347. The second kappa shape index (κ2) is 9.82. The number of unbranched alkanes of at least 4 members (excludes halogenated alkanes) is 3. The van der Waals surface area contributed by atoms with Crippen molar-refractivity contribution in [3.8, 4) is 5.75 Å². The van der Waals surface area contributed by atoms with Gasteiger partial charge in [0, 0.05) is 12.1 Å². The summed E-state index contributed by atoms with van der Waals surface area (Å²) in [7, 11) is 0. The first kappa shape index (κ1) is 17.0. The number of hydrogen-bond acceptors (Lipinski definition) is 2. The van der Waals surface area contributed by atoms with E-state index >= 15 is 0 Å². The first-order chi connectivity index (χ1) is 9.61. The van der Waals surface area contributed by atoms with Gasteiger partial charge in [0.15, 0.2) is 0 Å². The molecule has 2 nitrogen and oxygen atoms in total. The average molecular weight is 277 g/mol. The second-order valence-corrected chi connectivity index (χ2v) is 5.94. The van der Waals surface area contributed by atoms with Crippen molar-refractivity contribution in [2.45, 2.75) is 71.9 Å². The molecule has 0 heterocycles. The molecule has 2 atom stereocenters. The highest BCUT2D eigenvalue weighted by atomic mass is 16.5. The highest BCUT2D eigenvalue weighted by Gasteiger charge is 2.07. The number of aryl methyl sites for hydroxylation is 1. The van der Waals surface area contributed by atoms with E-state index in [1.54, 1.807) is 0 Å². The van der Waals surface area contributed by atoms with E-state index in [2.05, 4.69) is 45.1 Å².